The van der Waals surface area contributed by atoms with Gasteiger partial charge < -0.3 is 33.5 Å². The van der Waals surface area contributed by atoms with E-state index in [2.05, 4.69) is 0 Å². The second kappa shape index (κ2) is 18.6. The molecule has 1 N–H and O–H groups in total. The number of aliphatic hydroxyl groups excluding tert-OH is 1. The lowest BCUT2D eigenvalue weighted by Crippen LogP contribution is -2.65. The molecular weight excluding hydrogens is 628 g/mol. The molecule has 0 aromatic heterocycles. The Hall–Kier alpha value is -4.34. The number of rotatable bonds is 17. The first-order valence-corrected chi connectivity index (χ1v) is 17.2. The first kappa shape index (κ1) is 35.5. The van der Waals surface area contributed by atoms with Crippen molar-refractivity contribution >= 4 is 0 Å². The molecule has 50 heavy (non-hydrogen) atoms. The molecule has 0 amide bonds. The van der Waals surface area contributed by atoms with Crippen LogP contribution in [0.4, 0.5) is 0 Å². The Morgan fingerprint density at radius 2 is 0.660 bits per heavy atom. The maximum absolute atomic E-state index is 11.2. The summed E-state index contributed by atoms with van der Waals surface area (Å²) in [6.45, 7) is 1.43. The predicted octanol–water partition coefficient (Wildman–Crippen LogP) is 7.54. The van der Waals surface area contributed by atoms with Crippen LogP contribution in [0.3, 0.4) is 0 Å². The molecule has 6 rings (SSSR count). The van der Waals surface area contributed by atoms with Gasteiger partial charge in [0.05, 0.1) is 59.0 Å². The summed E-state index contributed by atoms with van der Waals surface area (Å²) in [4.78, 5) is 0. The molecule has 7 nitrogen and oxygen atoms in total. The fourth-order valence-corrected chi connectivity index (χ4v) is 6.43. The number of hydrogen-bond acceptors (Lipinski definition) is 7. The average molecular weight is 675 g/mol. The molecule has 1 unspecified atom stereocenters. The normalized spacial score (nSPS) is 21.9. The molecule has 7 heteroatoms. The Bertz CT molecular complexity index is 1650. The summed E-state index contributed by atoms with van der Waals surface area (Å²) < 4.78 is 39.4. The van der Waals surface area contributed by atoms with E-state index in [1.165, 1.54) is 0 Å². The molecule has 0 bridgehead atoms. The Morgan fingerprint density at radius 1 is 0.380 bits per heavy atom. The molecule has 0 aliphatic heterocycles. The fraction of sp³-hybridized carbons (Fsp3) is 0.302. The van der Waals surface area contributed by atoms with Crippen LogP contribution >= 0.6 is 0 Å². The molecule has 0 spiro atoms. The van der Waals surface area contributed by atoms with E-state index in [-0.39, 0.29) is 6.61 Å². The molecule has 1 aliphatic carbocycles. The standard InChI is InChI=1S/C43H46O7/c1-45-37-24-22-36(23-25-37)31-49-42-40(47-28-33-16-8-3-9-17-33)38(26-44)39(46-27-32-14-6-2-7-15-32)41(48-29-34-18-10-4-11-19-34)43(42)50-30-35-20-12-5-13-21-35/h2-25,38-44H,26-31H2,1H3/t38?,39-,40-,41+,42-,43-/m1/s1. The minimum Gasteiger partial charge on any atom is -0.497 e. The van der Waals surface area contributed by atoms with E-state index in [4.69, 9.17) is 28.4 Å². The number of ether oxygens (including phenoxy) is 6. The topological polar surface area (TPSA) is 75.6 Å². The third kappa shape index (κ3) is 9.67. The third-order valence-electron chi connectivity index (χ3n) is 9.09. The molecule has 6 atom stereocenters. The van der Waals surface area contributed by atoms with Crippen molar-refractivity contribution in [3.63, 3.8) is 0 Å². The lowest BCUT2D eigenvalue weighted by Gasteiger charge is -2.49. The van der Waals surface area contributed by atoms with E-state index in [1.807, 2.05) is 146 Å². The van der Waals surface area contributed by atoms with E-state index < -0.39 is 36.4 Å². The Kier molecular flexibility index (Phi) is 13.2. The van der Waals surface area contributed by atoms with Gasteiger partial charge in [-0.25, -0.2) is 0 Å². The van der Waals surface area contributed by atoms with E-state index >= 15 is 0 Å². The summed E-state index contributed by atoms with van der Waals surface area (Å²) in [5.41, 5.74) is 5.06. The van der Waals surface area contributed by atoms with Gasteiger partial charge >= 0.3 is 0 Å². The van der Waals surface area contributed by atoms with Crippen LogP contribution in [0.25, 0.3) is 0 Å². The van der Waals surface area contributed by atoms with Gasteiger partial charge in [0.25, 0.3) is 0 Å². The van der Waals surface area contributed by atoms with E-state index in [9.17, 15) is 5.11 Å². The third-order valence-corrected chi connectivity index (χ3v) is 9.09. The lowest BCUT2D eigenvalue weighted by atomic mass is 9.77. The fourth-order valence-electron chi connectivity index (χ4n) is 6.43. The summed E-state index contributed by atoms with van der Waals surface area (Å²) in [6.07, 6.45) is -2.99. The zero-order valence-electron chi connectivity index (χ0n) is 28.5. The van der Waals surface area contributed by atoms with Gasteiger partial charge in [0, 0.05) is 5.92 Å². The van der Waals surface area contributed by atoms with Crippen molar-refractivity contribution < 1.29 is 33.5 Å². The average Bonchev–Trinajstić information content (AvgIpc) is 3.18. The molecule has 5 aromatic rings. The summed E-state index contributed by atoms with van der Waals surface area (Å²) in [5.74, 6) is 0.285. The van der Waals surface area contributed by atoms with Crippen LogP contribution in [0.1, 0.15) is 27.8 Å². The Labute approximate surface area is 295 Å². The van der Waals surface area contributed by atoms with E-state index in [0.29, 0.717) is 33.0 Å². The first-order chi connectivity index (χ1) is 24.7. The highest BCUT2D eigenvalue weighted by molar-refractivity contribution is 5.27. The number of hydrogen-bond donors (Lipinski definition) is 1. The molecule has 0 saturated heterocycles. The molecule has 1 aliphatic rings. The van der Waals surface area contributed by atoms with Crippen molar-refractivity contribution in [1.29, 1.82) is 0 Å². The molecule has 0 radical (unpaired) electrons. The second-order valence-corrected chi connectivity index (χ2v) is 12.5. The summed E-state index contributed by atoms with van der Waals surface area (Å²) >= 11 is 0. The number of aliphatic hydroxyl groups is 1. The van der Waals surface area contributed by atoms with Gasteiger partial charge in [-0.15, -0.1) is 0 Å². The van der Waals surface area contributed by atoms with Crippen molar-refractivity contribution in [2.75, 3.05) is 13.7 Å². The Morgan fingerprint density at radius 3 is 0.960 bits per heavy atom. The van der Waals surface area contributed by atoms with Crippen LogP contribution in [-0.2, 0) is 56.7 Å². The number of methoxy groups -OCH3 is 1. The van der Waals surface area contributed by atoms with Gasteiger partial charge in [0.1, 0.15) is 24.1 Å². The summed E-state index contributed by atoms with van der Waals surface area (Å²) in [6, 6.07) is 48.0. The molecule has 5 aromatic carbocycles. The first-order valence-electron chi connectivity index (χ1n) is 17.2. The van der Waals surface area contributed by atoms with Crippen LogP contribution in [0.2, 0.25) is 0 Å². The highest BCUT2D eigenvalue weighted by atomic mass is 16.6. The van der Waals surface area contributed by atoms with Crippen LogP contribution in [-0.4, -0.2) is 49.3 Å². The largest absolute Gasteiger partial charge is 0.497 e. The highest BCUT2D eigenvalue weighted by Crippen LogP contribution is 2.38. The van der Waals surface area contributed by atoms with Crippen molar-refractivity contribution in [2.45, 2.75) is 63.6 Å². The van der Waals surface area contributed by atoms with E-state index in [1.54, 1.807) is 7.11 Å². The minimum absolute atomic E-state index is 0.197. The van der Waals surface area contributed by atoms with Crippen molar-refractivity contribution in [2.24, 2.45) is 5.92 Å². The quantitative estimate of drug-likeness (QED) is 0.109. The monoisotopic (exact) mass is 674 g/mol. The summed E-state index contributed by atoms with van der Waals surface area (Å²) in [5, 5.41) is 11.2. The van der Waals surface area contributed by atoms with Gasteiger partial charge in [-0.3, -0.25) is 0 Å². The summed E-state index contributed by atoms with van der Waals surface area (Å²) in [7, 11) is 1.65. The molecule has 1 fully saturated rings. The SMILES string of the molecule is COc1ccc(CO[C@H]2[C@H](OCc3ccccc3)[C@@H](OCc3ccccc3)[C@H](OCc3ccccc3)C(CO)[C@H]2OCc2ccccc2)cc1. The predicted molar refractivity (Wildman–Crippen MR) is 192 cm³/mol. The van der Waals surface area contributed by atoms with Gasteiger partial charge in [-0.2, -0.15) is 0 Å². The van der Waals surface area contributed by atoms with Crippen LogP contribution in [0, 0.1) is 5.92 Å². The van der Waals surface area contributed by atoms with Gasteiger partial charge in [0.15, 0.2) is 0 Å². The zero-order valence-corrected chi connectivity index (χ0v) is 28.5. The van der Waals surface area contributed by atoms with Crippen LogP contribution in [0.5, 0.6) is 5.75 Å². The van der Waals surface area contributed by atoms with E-state index in [0.717, 1.165) is 33.6 Å². The Balaban J connectivity index is 1.37. The maximum atomic E-state index is 11.2. The highest BCUT2D eigenvalue weighted by Gasteiger charge is 2.54. The van der Waals surface area contributed by atoms with Crippen molar-refractivity contribution in [1.82, 2.24) is 0 Å². The minimum atomic E-state index is -0.612. The molecule has 0 heterocycles. The van der Waals surface area contributed by atoms with Gasteiger partial charge in [-0.1, -0.05) is 133 Å². The lowest BCUT2D eigenvalue weighted by molar-refractivity contribution is -0.274. The number of benzene rings is 5. The van der Waals surface area contributed by atoms with Gasteiger partial charge in [-0.05, 0) is 39.9 Å². The van der Waals surface area contributed by atoms with Crippen molar-refractivity contribution in [3.8, 4) is 5.75 Å². The van der Waals surface area contributed by atoms with Crippen LogP contribution < -0.4 is 4.74 Å². The van der Waals surface area contributed by atoms with Crippen molar-refractivity contribution in [3.05, 3.63) is 173 Å². The smallest absolute Gasteiger partial charge is 0.118 e. The molecular formula is C43H46O7. The molecule has 260 valence electrons. The van der Waals surface area contributed by atoms with Crippen LogP contribution in [0.15, 0.2) is 146 Å². The maximum Gasteiger partial charge on any atom is 0.118 e. The zero-order chi connectivity index (χ0) is 34.4. The second-order valence-electron chi connectivity index (χ2n) is 12.5. The molecule has 1 saturated carbocycles. The van der Waals surface area contributed by atoms with Gasteiger partial charge in [0.2, 0.25) is 0 Å².